The third-order valence-electron chi connectivity index (χ3n) is 3.95. The molecule has 1 N–H and O–H groups in total. The van der Waals surface area contributed by atoms with Crippen LogP contribution < -0.4 is 5.32 Å². The first-order valence-electron chi connectivity index (χ1n) is 6.92. The van der Waals surface area contributed by atoms with Crippen LogP contribution in [0, 0.1) is 5.41 Å². The Morgan fingerprint density at radius 3 is 2.10 bits per heavy atom. The van der Waals surface area contributed by atoms with Crippen molar-refractivity contribution in [3.63, 3.8) is 0 Å². The van der Waals surface area contributed by atoms with Crippen LogP contribution in [0.15, 0.2) is 29.2 Å². The quantitative estimate of drug-likeness (QED) is 0.781. The maximum absolute atomic E-state index is 12.1. The van der Waals surface area contributed by atoms with Crippen LogP contribution in [0.3, 0.4) is 0 Å². The molecule has 0 aliphatic heterocycles. The van der Waals surface area contributed by atoms with Crippen LogP contribution >= 0.6 is 11.6 Å². The van der Waals surface area contributed by atoms with Crippen molar-refractivity contribution in [2.75, 3.05) is 18.7 Å². The molecule has 0 heterocycles. The van der Waals surface area contributed by atoms with Gasteiger partial charge in [0.05, 0.1) is 4.90 Å². The molecule has 0 radical (unpaired) electrons. The third-order valence-corrected chi connectivity index (χ3v) is 5.65. The van der Waals surface area contributed by atoms with Crippen molar-refractivity contribution in [2.45, 2.75) is 31.6 Å². The lowest BCUT2D eigenvalue weighted by Gasteiger charge is -2.29. The van der Waals surface area contributed by atoms with E-state index in [-0.39, 0.29) is 16.2 Å². The van der Waals surface area contributed by atoms with Crippen molar-refractivity contribution >= 4 is 27.3 Å². The molecule has 1 aromatic carbocycles. The van der Waals surface area contributed by atoms with Gasteiger partial charge in [0.25, 0.3) is 5.91 Å². The number of hydrogen-bond donors (Lipinski definition) is 1. The molecule has 0 aliphatic carbocycles. The summed E-state index contributed by atoms with van der Waals surface area (Å²) in [5, 5.41) is 2.88. The number of halogens is 1. The van der Waals surface area contributed by atoms with Gasteiger partial charge in [-0.15, -0.1) is 11.6 Å². The topological polar surface area (TPSA) is 63.2 Å². The van der Waals surface area contributed by atoms with Gasteiger partial charge in [0, 0.05) is 29.7 Å². The molecule has 0 aromatic heterocycles. The van der Waals surface area contributed by atoms with Gasteiger partial charge < -0.3 is 5.32 Å². The smallest absolute Gasteiger partial charge is 0.251 e. The van der Waals surface area contributed by atoms with Gasteiger partial charge in [-0.05, 0) is 37.1 Å². The summed E-state index contributed by atoms with van der Waals surface area (Å²) >= 11 is 6.01. The molecule has 1 aromatic rings. The molecule has 4 nitrogen and oxygen atoms in total. The minimum absolute atomic E-state index is 0.0933. The Morgan fingerprint density at radius 1 is 1.19 bits per heavy atom. The lowest BCUT2D eigenvalue weighted by molar-refractivity contribution is 0.0931. The third kappa shape index (κ3) is 4.71. The van der Waals surface area contributed by atoms with Crippen LogP contribution in [0.4, 0.5) is 0 Å². The molecule has 1 amide bonds. The molecule has 0 aliphatic rings. The van der Waals surface area contributed by atoms with E-state index in [1.54, 1.807) is 0 Å². The highest BCUT2D eigenvalue weighted by Crippen LogP contribution is 2.27. The van der Waals surface area contributed by atoms with E-state index in [1.807, 2.05) is 0 Å². The molecular formula is C15H22ClNO3S. The predicted molar refractivity (Wildman–Crippen MR) is 85.6 cm³/mol. The molecule has 118 valence electrons. The summed E-state index contributed by atoms with van der Waals surface area (Å²) in [6, 6.07) is 5.93. The van der Waals surface area contributed by atoms with E-state index >= 15 is 0 Å². The van der Waals surface area contributed by atoms with Gasteiger partial charge in [-0.1, -0.05) is 13.8 Å². The molecule has 0 fully saturated rings. The zero-order valence-corrected chi connectivity index (χ0v) is 14.2. The summed E-state index contributed by atoms with van der Waals surface area (Å²) in [6.07, 6.45) is 2.92. The zero-order valence-electron chi connectivity index (χ0n) is 12.6. The van der Waals surface area contributed by atoms with Gasteiger partial charge in [-0.25, -0.2) is 8.42 Å². The van der Waals surface area contributed by atoms with Gasteiger partial charge in [0.1, 0.15) is 0 Å². The standard InChI is InChI=1S/C15H22ClNO3S/c1-4-15(5-2,10-16)11-17-14(18)12-6-8-13(9-7-12)21(3,19)20/h6-9H,4-5,10-11H2,1-3H3,(H,17,18). The molecule has 0 saturated heterocycles. The van der Waals surface area contributed by atoms with E-state index < -0.39 is 9.84 Å². The minimum atomic E-state index is -3.24. The Bertz CT molecular complexity index is 569. The first kappa shape index (κ1) is 18.0. The number of carbonyl (C=O) groups is 1. The Hall–Kier alpha value is -1.07. The fourth-order valence-corrected chi connectivity index (χ4v) is 3.06. The van der Waals surface area contributed by atoms with Crippen molar-refractivity contribution in [3.05, 3.63) is 29.8 Å². The van der Waals surface area contributed by atoms with Crippen LogP contribution in [-0.2, 0) is 9.84 Å². The van der Waals surface area contributed by atoms with Crippen LogP contribution in [0.5, 0.6) is 0 Å². The molecule has 0 atom stereocenters. The van der Waals surface area contributed by atoms with E-state index in [4.69, 9.17) is 11.6 Å². The molecular weight excluding hydrogens is 310 g/mol. The summed E-state index contributed by atoms with van der Waals surface area (Å²) in [5.41, 5.74) is 0.349. The molecule has 21 heavy (non-hydrogen) atoms. The first-order chi connectivity index (χ1) is 9.78. The Morgan fingerprint density at radius 2 is 1.71 bits per heavy atom. The minimum Gasteiger partial charge on any atom is -0.351 e. The summed E-state index contributed by atoms with van der Waals surface area (Å²) in [5.74, 6) is 0.277. The van der Waals surface area contributed by atoms with Crippen molar-refractivity contribution in [3.8, 4) is 0 Å². The van der Waals surface area contributed by atoms with Crippen LogP contribution in [0.1, 0.15) is 37.0 Å². The molecule has 0 unspecified atom stereocenters. The van der Waals surface area contributed by atoms with Crippen molar-refractivity contribution < 1.29 is 13.2 Å². The van der Waals surface area contributed by atoms with Gasteiger partial charge in [-0.3, -0.25) is 4.79 Å². The number of benzene rings is 1. The fraction of sp³-hybridized carbons (Fsp3) is 0.533. The number of hydrogen-bond acceptors (Lipinski definition) is 3. The first-order valence-corrected chi connectivity index (χ1v) is 9.35. The lowest BCUT2D eigenvalue weighted by Crippen LogP contribution is -2.38. The molecule has 6 heteroatoms. The maximum Gasteiger partial charge on any atom is 0.251 e. The summed E-state index contributed by atoms with van der Waals surface area (Å²) in [4.78, 5) is 12.3. The molecule has 0 spiro atoms. The number of alkyl halides is 1. The second kappa shape index (κ2) is 7.27. The van der Waals surface area contributed by atoms with E-state index in [1.165, 1.54) is 24.3 Å². The van der Waals surface area contributed by atoms with E-state index in [9.17, 15) is 13.2 Å². The summed E-state index contributed by atoms with van der Waals surface area (Å²) in [7, 11) is -3.24. The van der Waals surface area contributed by atoms with Gasteiger partial charge in [0.2, 0.25) is 0 Å². The maximum atomic E-state index is 12.1. The largest absolute Gasteiger partial charge is 0.351 e. The molecule has 1 rings (SSSR count). The van der Waals surface area contributed by atoms with E-state index in [2.05, 4.69) is 19.2 Å². The van der Waals surface area contributed by atoms with Crippen molar-refractivity contribution in [2.24, 2.45) is 5.41 Å². The van der Waals surface area contributed by atoms with Gasteiger partial charge >= 0.3 is 0 Å². The number of sulfone groups is 1. The van der Waals surface area contributed by atoms with Gasteiger partial charge in [0.15, 0.2) is 9.84 Å². The summed E-state index contributed by atoms with van der Waals surface area (Å²) < 4.78 is 22.7. The SMILES string of the molecule is CCC(CC)(CCl)CNC(=O)c1ccc(S(C)(=O)=O)cc1. The Labute approximate surface area is 131 Å². The molecule has 0 bridgehead atoms. The number of nitrogens with one attached hydrogen (secondary N) is 1. The predicted octanol–water partition coefficient (Wildman–Crippen LogP) is 2.87. The number of rotatable bonds is 7. The van der Waals surface area contributed by atoms with Crippen molar-refractivity contribution in [1.29, 1.82) is 0 Å². The monoisotopic (exact) mass is 331 g/mol. The highest BCUT2D eigenvalue weighted by Gasteiger charge is 2.25. The van der Waals surface area contributed by atoms with Crippen LogP contribution in [0.2, 0.25) is 0 Å². The lowest BCUT2D eigenvalue weighted by atomic mass is 9.84. The summed E-state index contributed by atoms with van der Waals surface area (Å²) in [6.45, 7) is 4.62. The van der Waals surface area contributed by atoms with E-state index in [0.717, 1.165) is 19.1 Å². The average molecular weight is 332 g/mol. The van der Waals surface area contributed by atoms with Crippen LogP contribution in [-0.4, -0.2) is 33.0 Å². The normalized spacial score (nSPS) is 12.2. The molecule has 0 saturated carbocycles. The van der Waals surface area contributed by atoms with Crippen LogP contribution in [0.25, 0.3) is 0 Å². The Balaban J connectivity index is 2.77. The highest BCUT2D eigenvalue weighted by atomic mass is 35.5. The van der Waals surface area contributed by atoms with Crippen molar-refractivity contribution in [1.82, 2.24) is 5.32 Å². The number of carbonyl (C=O) groups excluding carboxylic acids is 1. The second-order valence-electron chi connectivity index (χ2n) is 5.32. The average Bonchev–Trinajstić information content (AvgIpc) is 2.48. The Kier molecular flexibility index (Phi) is 6.23. The highest BCUT2D eigenvalue weighted by molar-refractivity contribution is 7.90. The number of amides is 1. The zero-order chi connectivity index (χ0) is 16.1. The fourth-order valence-electron chi connectivity index (χ4n) is 1.96. The van der Waals surface area contributed by atoms with Gasteiger partial charge in [-0.2, -0.15) is 0 Å². The second-order valence-corrected chi connectivity index (χ2v) is 7.60. The van der Waals surface area contributed by atoms with E-state index in [0.29, 0.717) is 18.0 Å².